The van der Waals surface area contributed by atoms with Crippen LogP contribution in [0.25, 0.3) is 22.4 Å². The number of amides is 1. The van der Waals surface area contributed by atoms with Gasteiger partial charge in [0.2, 0.25) is 5.91 Å². The molecule has 178 valence electrons. The van der Waals surface area contributed by atoms with Crippen molar-refractivity contribution in [3.8, 4) is 28.5 Å². The molecule has 0 saturated heterocycles. The fourth-order valence-corrected chi connectivity index (χ4v) is 4.65. The molecule has 0 aliphatic rings. The summed E-state index contributed by atoms with van der Waals surface area (Å²) in [6.07, 6.45) is 0.112. The number of thioether (sulfide) groups is 1. The molecule has 36 heavy (non-hydrogen) atoms. The van der Waals surface area contributed by atoms with Crippen LogP contribution in [0.3, 0.4) is 0 Å². The van der Waals surface area contributed by atoms with Gasteiger partial charge in [0.05, 0.1) is 27.5 Å². The van der Waals surface area contributed by atoms with E-state index in [4.69, 9.17) is 21.7 Å². The molecule has 6 nitrogen and oxygen atoms in total. The highest BCUT2D eigenvalue weighted by molar-refractivity contribution is 7.99. The van der Waals surface area contributed by atoms with Crippen molar-refractivity contribution in [1.82, 2.24) is 4.98 Å². The Kier molecular flexibility index (Phi) is 8.01. The summed E-state index contributed by atoms with van der Waals surface area (Å²) in [5.74, 6) is -1.08. The lowest BCUT2D eigenvalue weighted by Crippen LogP contribution is -2.13. The summed E-state index contributed by atoms with van der Waals surface area (Å²) in [5, 5.41) is 22.6. The van der Waals surface area contributed by atoms with Crippen LogP contribution in [-0.4, -0.2) is 27.7 Å². The predicted octanol–water partition coefficient (Wildman–Crippen LogP) is 6.76. The summed E-state index contributed by atoms with van der Waals surface area (Å²) in [7, 11) is 0. The van der Waals surface area contributed by atoms with Gasteiger partial charge in [0.1, 0.15) is 11.1 Å². The number of halogens is 1. The van der Waals surface area contributed by atoms with E-state index in [1.165, 1.54) is 30.0 Å². The molecule has 1 heterocycles. The number of nitrogens with zero attached hydrogens (tertiary/aromatic N) is 2. The molecule has 1 aromatic heterocycles. The molecule has 0 saturated carbocycles. The number of nitrogens with one attached hydrogen (secondary N) is 1. The summed E-state index contributed by atoms with van der Waals surface area (Å²) in [6.45, 7) is 0. The normalized spacial score (nSPS) is 10.4. The molecule has 3 aromatic carbocycles. The first-order chi connectivity index (χ1) is 17.5. The van der Waals surface area contributed by atoms with Crippen LogP contribution in [-0.2, 0) is 4.79 Å². The number of anilines is 1. The van der Waals surface area contributed by atoms with Crippen LogP contribution in [0.4, 0.5) is 5.69 Å². The van der Waals surface area contributed by atoms with Crippen molar-refractivity contribution in [2.45, 2.75) is 11.4 Å². The van der Waals surface area contributed by atoms with Crippen molar-refractivity contribution in [3.05, 3.63) is 101 Å². The maximum Gasteiger partial charge on any atom is 0.335 e. The lowest BCUT2D eigenvalue weighted by atomic mass is 9.99. The number of carboxylic acids is 1. The second-order valence-corrected chi connectivity index (χ2v) is 9.22. The summed E-state index contributed by atoms with van der Waals surface area (Å²) in [5.41, 5.74) is 4.04. The number of hydrogen-bond donors (Lipinski definition) is 2. The van der Waals surface area contributed by atoms with Gasteiger partial charge < -0.3 is 10.4 Å². The Bertz CT molecular complexity index is 1450. The number of carbonyl (C=O) groups is 2. The highest BCUT2D eigenvalue weighted by Gasteiger charge is 2.17. The highest BCUT2D eigenvalue weighted by atomic mass is 35.5. The first-order valence-electron chi connectivity index (χ1n) is 11.0. The standard InChI is InChI=1S/C28H20ClN3O3S/c29-23-12-11-20(28(34)35)15-25(23)31-26(33)13-14-36-27-22(17-30)21(18-7-3-1-4-8-18)16-24(32-27)19-9-5-2-6-10-19/h1-12,15-16H,13-14H2,(H,31,33)(H,34,35). The molecule has 0 radical (unpaired) electrons. The topological polar surface area (TPSA) is 103 Å². The van der Waals surface area contributed by atoms with Gasteiger partial charge in [-0.3, -0.25) is 4.79 Å². The van der Waals surface area contributed by atoms with Crippen LogP contribution in [0.1, 0.15) is 22.3 Å². The second kappa shape index (κ2) is 11.5. The Morgan fingerprint density at radius 2 is 1.64 bits per heavy atom. The van der Waals surface area contributed by atoms with E-state index in [1.54, 1.807) is 0 Å². The molecule has 2 N–H and O–H groups in total. The average molecular weight is 514 g/mol. The van der Waals surface area contributed by atoms with Gasteiger partial charge >= 0.3 is 5.97 Å². The van der Waals surface area contributed by atoms with E-state index in [0.29, 0.717) is 16.3 Å². The molecule has 0 aliphatic heterocycles. The minimum Gasteiger partial charge on any atom is -0.478 e. The van der Waals surface area contributed by atoms with E-state index in [9.17, 15) is 14.9 Å². The third kappa shape index (κ3) is 5.92. The van der Waals surface area contributed by atoms with Crippen LogP contribution in [0, 0.1) is 11.3 Å². The van der Waals surface area contributed by atoms with Gasteiger partial charge in [0.25, 0.3) is 0 Å². The van der Waals surface area contributed by atoms with Gasteiger partial charge in [-0.2, -0.15) is 5.26 Å². The van der Waals surface area contributed by atoms with Crippen molar-refractivity contribution >= 4 is 40.9 Å². The Hall–Kier alpha value is -4.12. The number of benzene rings is 3. The van der Waals surface area contributed by atoms with Crippen molar-refractivity contribution in [3.63, 3.8) is 0 Å². The van der Waals surface area contributed by atoms with E-state index in [2.05, 4.69) is 11.4 Å². The van der Waals surface area contributed by atoms with Gasteiger partial charge in [0.15, 0.2) is 0 Å². The number of carboxylic acid groups (broad SMARTS) is 1. The highest BCUT2D eigenvalue weighted by Crippen LogP contribution is 2.34. The van der Waals surface area contributed by atoms with E-state index < -0.39 is 5.97 Å². The van der Waals surface area contributed by atoms with E-state index in [0.717, 1.165) is 22.4 Å². The molecule has 4 aromatic rings. The molecular formula is C28H20ClN3O3S. The maximum absolute atomic E-state index is 12.6. The van der Waals surface area contributed by atoms with Crippen molar-refractivity contribution in [2.24, 2.45) is 0 Å². The van der Waals surface area contributed by atoms with Crippen LogP contribution in [0.2, 0.25) is 5.02 Å². The third-order valence-electron chi connectivity index (χ3n) is 5.31. The van der Waals surface area contributed by atoms with E-state index in [1.807, 2.05) is 66.7 Å². The van der Waals surface area contributed by atoms with Gasteiger partial charge in [-0.25, -0.2) is 9.78 Å². The van der Waals surface area contributed by atoms with Crippen LogP contribution in [0.15, 0.2) is 90.0 Å². The van der Waals surface area contributed by atoms with Crippen molar-refractivity contribution in [2.75, 3.05) is 11.1 Å². The van der Waals surface area contributed by atoms with Crippen molar-refractivity contribution < 1.29 is 14.7 Å². The number of carbonyl (C=O) groups excluding carboxylic acids is 1. The number of rotatable bonds is 8. The van der Waals surface area contributed by atoms with Crippen LogP contribution < -0.4 is 5.32 Å². The molecule has 0 atom stereocenters. The molecule has 1 amide bonds. The van der Waals surface area contributed by atoms with E-state index in [-0.39, 0.29) is 28.6 Å². The van der Waals surface area contributed by atoms with Crippen LogP contribution >= 0.6 is 23.4 Å². The molecule has 4 rings (SSSR count). The van der Waals surface area contributed by atoms with Gasteiger partial charge in [0, 0.05) is 23.3 Å². The van der Waals surface area contributed by atoms with Crippen molar-refractivity contribution in [1.29, 1.82) is 5.26 Å². The fraction of sp³-hybridized carbons (Fsp3) is 0.0714. The second-order valence-electron chi connectivity index (χ2n) is 7.73. The fourth-order valence-electron chi connectivity index (χ4n) is 3.54. The molecule has 0 aliphatic carbocycles. The number of aromatic carboxylic acids is 1. The largest absolute Gasteiger partial charge is 0.478 e. The molecule has 0 fully saturated rings. The minimum absolute atomic E-state index is 0.0260. The van der Waals surface area contributed by atoms with Crippen LogP contribution in [0.5, 0.6) is 0 Å². The predicted molar refractivity (Wildman–Crippen MR) is 142 cm³/mol. The number of pyridine rings is 1. The third-order valence-corrected chi connectivity index (χ3v) is 6.61. The quantitative estimate of drug-likeness (QED) is 0.252. The monoisotopic (exact) mass is 513 g/mol. The smallest absolute Gasteiger partial charge is 0.335 e. The Morgan fingerprint density at radius 1 is 0.972 bits per heavy atom. The lowest BCUT2D eigenvalue weighted by molar-refractivity contribution is -0.115. The molecule has 0 spiro atoms. The Labute approximate surface area is 217 Å². The zero-order chi connectivity index (χ0) is 25.5. The van der Waals surface area contributed by atoms with Gasteiger partial charge in [-0.05, 0) is 29.8 Å². The molecule has 8 heteroatoms. The first kappa shape index (κ1) is 25.0. The number of hydrogen-bond acceptors (Lipinski definition) is 5. The molecule has 0 unspecified atom stereocenters. The molecular weight excluding hydrogens is 494 g/mol. The molecule has 0 bridgehead atoms. The SMILES string of the molecule is N#Cc1c(-c2ccccc2)cc(-c2ccccc2)nc1SCCC(=O)Nc1cc(C(=O)O)ccc1Cl. The zero-order valence-electron chi connectivity index (χ0n) is 18.9. The first-order valence-corrected chi connectivity index (χ1v) is 12.3. The zero-order valence-corrected chi connectivity index (χ0v) is 20.5. The number of aromatic nitrogens is 1. The Balaban J connectivity index is 1.57. The maximum atomic E-state index is 12.6. The average Bonchev–Trinajstić information content (AvgIpc) is 2.90. The van der Waals surface area contributed by atoms with Gasteiger partial charge in [-0.1, -0.05) is 72.3 Å². The lowest BCUT2D eigenvalue weighted by Gasteiger charge is -2.13. The summed E-state index contributed by atoms with van der Waals surface area (Å²) in [4.78, 5) is 28.5. The van der Waals surface area contributed by atoms with Gasteiger partial charge in [-0.15, -0.1) is 11.8 Å². The van der Waals surface area contributed by atoms with E-state index >= 15 is 0 Å². The summed E-state index contributed by atoms with van der Waals surface area (Å²) < 4.78 is 0. The Morgan fingerprint density at radius 3 is 2.28 bits per heavy atom. The number of nitriles is 1. The summed E-state index contributed by atoms with van der Waals surface area (Å²) in [6, 6.07) is 27.7. The summed E-state index contributed by atoms with van der Waals surface area (Å²) >= 11 is 7.43. The minimum atomic E-state index is -1.11.